The summed E-state index contributed by atoms with van der Waals surface area (Å²) in [6.45, 7) is 1.74. The second kappa shape index (κ2) is 5.37. The highest BCUT2D eigenvalue weighted by Crippen LogP contribution is 2.36. The van der Waals surface area contributed by atoms with Crippen LogP contribution in [0, 0.1) is 17.0 Å². The van der Waals surface area contributed by atoms with Gasteiger partial charge in [0.1, 0.15) is 0 Å². The maximum Gasteiger partial charge on any atom is 0.274 e. The van der Waals surface area contributed by atoms with Gasteiger partial charge in [-0.05, 0) is 49.1 Å². The zero-order valence-corrected chi connectivity index (χ0v) is 12.4. The van der Waals surface area contributed by atoms with Gasteiger partial charge in [-0.1, -0.05) is 23.7 Å². The molecule has 2 aromatic carbocycles. The first-order chi connectivity index (χ1) is 10.0. The van der Waals surface area contributed by atoms with Gasteiger partial charge in [0.05, 0.1) is 11.0 Å². The molecule has 0 amide bonds. The zero-order chi connectivity index (χ0) is 15.0. The lowest BCUT2D eigenvalue weighted by molar-refractivity contribution is -0.385. The molecule has 3 rings (SSSR count). The van der Waals surface area contributed by atoms with Crippen molar-refractivity contribution in [3.63, 3.8) is 0 Å². The summed E-state index contributed by atoms with van der Waals surface area (Å²) < 4.78 is 0. The van der Waals surface area contributed by atoms with E-state index >= 15 is 0 Å². The molecule has 0 aromatic heterocycles. The second-order valence-electron chi connectivity index (χ2n) is 5.34. The largest absolute Gasteiger partial charge is 0.378 e. The second-order valence-corrected chi connectivity index (χ2v) is 5.77. The molecule has 1 aliphatic carbocycles. The van der Waals surface area contributed by atoms with Crippen LogP contribution in [0.3, 0.4) is 0 Å². The van der Waals surface area contributed by atoms with Gasteiger partial charge in [0, 0.05) is 22.3 Å². The normalized spacial score (nSPS) is 16.6. The number of nitro benzene ring substituents is 1. The molecule has 21 heavy (non-hydrogen) atoms. The number of hydrogen-bond donors (Lipinski definition) is 1. The highest BCUT2D eigenvalue weighted by atomic mass is 35.5. The molecule has 1 unspecified atom stereocenters. The Bertz CT molecular complexity index is 715. The van der Waals surface area contributed by atoms with Crippen molar-refractivity contribution in [2.75, 3.05) is 5.32 Å². The highest BCUT2D eigenvalue weighted by Gasteiger charge is 2.23. The molecule has 0 radical (unpaired) electrons. The van der Waals surface area contributed by atoms with Crippen LogP contribution in [0.5, 0.6) is 0 Å². The lowest BCUT2D eigenvalue weighted by Crippen LogP contribution is -2.07. The predicted molar refractivity (Wildman–Crippen MR) is 84.0 cm³/mol. The molecule has 0 spiro atoms. The first-order valence-electron chi connectivity index (χ1n) is 6.84. The minimum absolute atomic E-state index is 0.148. The van der Waals surface area contributed by atoms with Gasteiger partial charge < -0.3 is 5.32 Å². The Hall–Kier alpha value is -2.07. The summed E-state index contributed by atoms with van der Waals surface area (Å²) in [4.78, 5) is 10.7. The van der Waals surface area contributed by atoms with Crippen molar-refractivity contribution in [3.8, 4) is 0 Å². The van der Waals surface area contributed by atoms with Crippen molar-refractivity contribution >= 4 is 23.0 Å². The summed E-state index contributed by atoms with van der Waals surface area (Å²) in [6, 6.07) is 11.4. The summed E-state index contributed by atoms with van der Waals surface area (Å²) >= 11 is 6.01. The molecule has 1 aliphatic rings. The van der Waals surface area contributed by atoms with Crippen LogP contribution in [0.1, 0.15) is 29.2 Å². The van der Waals surface area contributed by atoms with E-state index < -0.39 is 0 Å². The maximum absolute atomic E-state index is 11.0. The van der Waals surface area contributed by atoms with Gasteiger partial charge in [0.2, 0.25) is 0 Å². The Labute approximate surface area is 127 Å². The zero-order valence-electron chi connectivity index (χ0n) is 11.6. The van der Waals surface area contributed by atoms with E-state index in [0.717, 1.165) is 23.6 Å². The Morgan fingerprint density at radius 3 is 2.86 bits per heavy atom. The predicted octanol–water partition coefficient (Wildman–Crippen LogP) is 4.66. The van der Waals surface area contributed by atoms with Gasteiger partial charge in [-0.25, -0.2) is 0 Å². The fourth-order valence-electron chi connectivity index (χ4n) is 2.83. The van der Waals surface area contributed by atoms with Crippen molar-refractivity contribution in [3.05, 3.63) is 68.2 Å². The summed E-state index contributed by atoms with van der Waals surface area (Å²) in [7, 11) is 0. The fraction of sp³-hybridized carbons (Fsp3) is 0.250. The molecule has 2 aromatic rings. The summed E-state index contributed by atoms with van der Waals surface area (Å²) in [5.74, 6) is 0. The van der Waals surface area contributed by atoms with Crippen molar-refractivity contribution in [1.82, 2.24) is 0 Å². The Balaban J connectivity index is 1.86. The summed E-state index contributed by atoms with van der Waals surface area (Å²) in [5, 5.41) is 15.2. The third-order valence-corrected chi connectivity index (χ3v) is 4.16. The molecule has 1 N–H and O–H groups in total. The number of hydrogen-bond acceptors (Lipinski definition) is 3. The molecule has 0 heterocycles. The van der Waals surface area contributed by atoms with Gasteiger partial charge >= 0.3 is 0 Å². The number of rotatable bonds is 3. The van der Waals surface area contributed by atoms with Crippen molar-refractivity contribution in [1.29, 1.82) is 0 Å². The van der Waals surface area contributed by atoms with Crippen LogP contribution in [0.25, 0.3) is 0 Å². The van der Waals surface area contributed by atoms with Crippen LogP contribution in [0.15, 0.2) is 36.4 Å². The molecule has 0 saturated heterocycles. The maximum atomic E-state index is 11.0. The number of nitrogens with one attached hydrogen (secondary N) is 1. The topological polar surface area (TPSA) is 55.2 Å². The minimum atomic E-state index is -0.344. The molecule has 0 saturated carbocycles. The quantitative estimate of drug-likeness (QED) is 0.663. The number of fused-ring (bicyclic) bond motifs is 1. The average molecular weight is 303 g/mol. The third-order valence-electron chi connectivity index (χ3n) is 3.93. The monoisotopic (exact) mass is 302 g/mol. The number of nitrogens with zero attached hydrogens (tertiary/aromatic N) is 1. The smallest absolute Gasteiger partial charge is 0.274 e. The highest BCUT2D eigenvalue weighted by molar-refractivity contribution is 6.30. The van der Waals surface area contributed by atoms with E-state index in [0.29, 0.717) is 5.56 Å². The van der Waals surface area contributed by atoms with E-state index in [-0.39, 0.29) is 16.7 Å². The molecule has 0 aliphatic heterocycles. The lowest BCUT2D eigenvalue weighted by Gasteiger charge is -2.16. The van der Waals surface area contributed by atoms with E-state index in [1.165, 1.54) is 11.1 Å². The first kappa shape index (κ1) is 13.9. The lowest BCUT2D eigenvalue weighted by atomic mass is 10.1. The van der Waals surface area contributed by atoms with E-state index in [1.54, 1.807) is 19.1 Å². The standard InChI is InChI=1S/C16H15ClN2O2/c1-10-2-5-13(9-16(10)19(20)21)18-15-7-3-11-8-12(17)4-6-14(11)15/h2,4-6,8-9,15,18H,3,7H2,1H3. The molecular formula is C16H15ClN2O2. The van der Waals surface area contributed by atoms with Crippen LogP contribution in [0.2, 0.25) is 5.02 Å². The van der Waals surface area contributed by atoms with Crippen molar-refractivity contribution in [2.45, 2.75) is 25.8 Å². The van der Waals surface area contributed by atoms with Crippen LogP contribution in [-0.4, -0.2) is 4.92 Å². The first-order valence-corrected chi connectivity index (χ1v) is 7.22. The molecule has 0 fully saturated rings. The van der Waals surface area contributed by atoms with Crippen LogP contribution in [0.4, 0.5) is 11.4 Å². The molecular weight excluding hydrogens is 288 g/mol. The van der Waals surface area contributed by atoms with E-state index in [4.69, 9.17) is 11.6 Å². The number of nitro groups is 1. The molecule has 108 valence electrons. The van der Waals surface area contributed by atoms with Gasteiger partial charge in [-0.2, -0.15) is 0 Å². The minimum Gasteiger partial charge on any atom is -0.378 e. The Kier molecular flexibility index (Phi) is 3.55. The Morgan fingerprint density at radius 2 is 2.10 bits per heavy atom. The number of aryl methyl sites for hydroxylation is 2. The third kappa shape index (κ3) is 2.72. The Morgan fingerprint density at radius 1 is 1.29 bits per heavy atom. The molecule has 0 bridgehead atoms. The van der Waals surface area contributed by atoms with E-state index in [2.05, 4.69) is 5.32 Å². The summed E-state index contributed by atoms with van der Waals surface area (Å²) in [6.07, 6.45) is 1.94. The number of halogens is 1. The van der Waals surface area contributed by atoms with Crippen LogP contribution < -0.4 is 5.32 Å². The summed E-state index contributed by atoms with van der Waals surface area (Å²) in [5.41, 5.74) is 4.07. The van der Waals surface area contributed by atoms with Crippen molar-refractivity contribution in [2.24, 2.45) is 0 Å². The van der Waals surface area contributed by atoms with Gasteiger partial charge in [-0.15, -0.1) is 0 Å². The molecule has 5 heteroatoms. The van der Waals surface area contributed by atoms with Crippen LogP contribution >= 0.6 is 11.6 Å². The van der Waals surface area contributed by atoms with Crippen LogP contribution in [-0.2, 0) is 6.42 Å². The molecule has 1 atom stereocenters. The molecule has 4 nitrogen and oxygen atoms in total. The van der Waals surface area contributed by atoms with Gasteiger partial charge in [-0.3, -0.25) is 10.1 Å². The SMILES string of the molecule is Cc1ccc(NC2CCc3cc(Cl)ccc32)cc1[N+](=O)[O-]. The van der Waals surface area contributed by atoms with Gasteiger partial charge in [0.15, 0.2) is 0 Å². The fourth-order valence-corrected chi connectivity index (χ4v) is 3.03. The number of anilines is 1. The van der Waals surface area contributed by atoms with Gasteiger partial charge in [0.25, 0.3) is 5.69 Å². The number of benzene rings is 2. The van der Waals surface area contributed by atoms with E-state index in [9.17, 15) is 10.1 Å². The van der Waals surface area contributed by atoms with E-state index in [1.807, 2.05) is 24.3 Å². The van der Waals surface area contributed by atoms with Crippen molar-refractivity contribution < 1.29 is 4.92 Å². The average Bonchev–Trinajstić information content (AvgIpc) is 2.83.